The number of carbonyl (C=O) groups excluding carboxylic acids is 2. The Bertz CT molecular complexity index is 1280. The number of fused-ring (bicyclic) bond motifs is 1. The van der Waals surface area contributed by atoms with Gasteiger partial charge in [0.1, 0.15) is 21.1 Å². The van der Waals surface area contributed by atoms with Crippen LogP contribution in [0.4, 0.5) is 4.39 Å². The predicted molar refractivity (Wildman–Crippen MR) is 120 cm³/mol. The van der Waals surface area contributed by atoms with E-state index in [0.717, 1.165) is 28.0 Å². The van der Waals surface area contributed by atoms with Crippen LogP contribution in [0.1, 0.15) is 44.8 Å². The number of rotatable bonds is 7. The lowest BCUT2D eigenvalue weighted by Crippen LogP contribution is -2.49. The molecule has 0 radical (unpaired) electrons. The van der Waals surface area contributed by atoms with Gasteiger partial charge in [-0.05, 0) is 31.4 Å². The third-order valence-corrected chi connectivity index (χ3v) is 7.33. The number of hydrogen-bond acceptors (Lipinski definition) is 5. The standard InChI is InChI=1S/C23H26FN3O5S/c1-15-3-5-16(6-4-15)12-25-20(28)17-11-18(24)19-22(30)26(9-10-27(19)21(17)29)13-23(7-8-23)14-33(2,31)32/h3-6,11H,7-10,12-14H2,1-2H3,(H,25,28). The number of sulfone groups is 1. The second-order valence-corrected chi connectivity index (χ2v) is 11.3. The van der Waals surface area contributed by atoms with Crippen LogP contribution in [0.25, 0.3) is 0 Å². The van der Waals surface area contributed by atoms with Gasteiger partial charge in [0.2, 0.25) is 0 Å². The fourth-order valence-corrected chi connectivity index (χ4v) is 5.81. The molecule has 1 aromatic carbocycles. The van der Waals surface area contributed by atoms with Crippen LogP contribution in [0.3, 0.4) is 0 Å². The fourth-order valence-electron chi connectivity index (χ4n) is 4.32. The van der Waals surface area contributed by atoms with E-state index in [2.05, 4.69) is 5.32 Å². The monoisotopic (exact) mass is 475 g/mol. The van der Waals surface area contributed by atoms with Crippen molar-refractivity contribution in [3.8, 4) is 0 Å². The number of halogens is 1. The summed E-state index contributed by atoms with van der Waals surface area (Å²) in [5.41, 5.74) is -0.0723. The zero-order valence-corrected chi connectivity index (χ0v) is 19.4. The van der Waals surface area contributed by atoms with Gasteiger partial charge in [-0.15, -0.1) is 0 Å². The van der Waals surface area contributed by atoms with E-state index < -0.39 is 44.1 Å². The number of aromatic nitrogens is 1. The molecule has 33 heavy (non-hydrogen) atoms. The fraction of sp³-hybridized carbons (Fsp3) is 0.435. The summed E-state index contributed by atoms with van der Waals surface area (Å²) in [4.78, 5) is 39.8. The molecule has 0 bridgehead atoms. The second kappa shape index (κ2) is 8.40. The highest BCUT2D eigenvalue weighted by atomic mass is 32.2. The summed E-state index contributed by atoms with van der Waals surface area (Å²) in [6, 6.07) is 8.30. The van der Waals surface area contributed by atoms with Crippen molar-refractivity contribution in [2.45, 2.75) is 32.9 Å². The number of pyridine rings is 1. The molecule has 2 aliphatic rings. The summed E-state index contributed by atoms with van der Waals surface area (Å²) in [5, 5.41) is 2.62. The molecule has 1 aliphatic heterocycles. The average Bonchev–Trinajstić information content (AvgIpc) is 3.48. The van der Waals surface area contributed by atoms with Crippen molar-refractivity contribution in [1.82, 2.24) is 14.8 Å². The first-order valence-electron chi connectivity index (χ1n) is 10.7. The van der Waals surface area contributed by atoms with Crippen molar-refractivity contribution in [3.05, 3.63) is 68.9 Å². The summed E-state index contributed by atoms with van der Waals surface area (Å²) >= 11 is 0. The van der Waals surface area contributed by atoms with Crippen LogP contribution in [-0.4, -0.2) is 54.8 Å². The zero-order chi connectivity index (χ0) is 24.0. The molecular weight excluding hydrogens is 449 g/mol. The van der Waals surface area contributed by atoms with Crippen molar-refractivity contribution in [2.24, 2.45) is 5.41 Å². The molecule has 2 aromatic rings. The van der Waals surface area contributed by atoms with Crippen LogP contribution in [0.2, 0.25) is 0 Å². The van der Waals surface area contributed by atoms with E-state index in [1.807, 2.05) is 31.2 Å². The van der Waals surface area contributed by atoms with E-state index >= 15 is 0 Å². The average molecular weight is 476 g/mol. The van der Waals surface area contributed by atoms with E-state index in [1.54, 1.807) is 0 Å². The number of benzene rings is 1. The van der Waals surface area contributed by atoms with Gasteiger partial charge in [0.05, 0.1) is 5.75 Å². The summed E-state index contributed by atoms with van der Waals surface area (Å²) in [6.07, 6.45) is 2.52. The highest BCUT2D eigenvalue weighted by molar-refractivity contribution is 7.90. The van der Waals surface area contributed by atoms with Crippen molar-refractivity contribution >= 4 is 21.7 Å². The van der Waals surface area contributed by atoms with Gasteiger partial charge in [0.25, 0.3) is 17.4 Å². The van der Waals surface area contributed by atoms with E-state index in [9.17, 15) is 27.2 Å². The molecule has 0 atom stereocenters. The lowest BCUT2D eigenvalue weighted by Gasteiger charge is -2.32. The second-order valence-electron chi connectivity index (χ2n) is 9.18. The van der Waals surface area contributed by atoms with Crippen LogP contribution >= 0.6 is 0 Å². The molecule has 0 saturated heterocycles. The Hall–Kier alpha value is -3.01. The van der Waals surface area contributed by atoms with Gasteiger partial charge in [-0.1, -0.05) is 29.8 Å². The van der Waals surface area contributed by atoms with Gasteiger partial charge in [0, 0.05) is 37.8 Å². The van der Waals surface area contributed by atoms with Crippen molar-refractivity contribution in [1.29, 1.82) is 0 Å². The predicted octanol–water partition coefficient (Wildman–Crippen LogP) is 1.51. The van der Waals surface area contributed by atoms with E-state index in [4.69, 9.17) is 0 Å². The molecule has 1 aromatic heterocycles. The van der Waals surface area contributed by atoms with Gasteiger partial charge in [-0.2, -0.15) is 0 Å². The quantitative estimate of drug-likeness (QED) is 0.654. The van der Waals surface area contributed by atoms with Gasteiger partial charge in [-0.3, -0.25) is 19.0 Å². The summed E-state index contributed by atoms with van der Waals surface area (Å²) in [6.45, 7) is 2.50. The van der Waals surface area contributed by atoms with Crippen LogP contribution in [0.5, 0.6) is 0 Å². The lowest BCUT2D eigenvalue weighted by atomic mass is 10.1. The molecule has 2 heterocycles. The number of nitrogens with zero attached hydrogens (tertiary/aromatic N) is 2. The SMILES string of the molecule is Cc1ccc(CNC(=O)c2cc(F)c3n(c2=O)CCN(CC2(CS(C)(=O)=O)CC2)C3=O)cc1. The Morgan fingerprint density at radius 1 is 1.15 bits per heavy atom. The molecule has 0 unspecified atom stereocenters. The number of carbonyl (C=O) groups is 2. The molecule has 1 N–H and O–H groups in total. The van der Waals surface area contributed by atoms with Gasteiger partial charge in [-0.25, -0.2) is 12.8 Å². The van der Waals surface area contributed by atoms with Gasteiger partial charge in [0.15, 0.2) is 5.82 Å². The van der Waals surface area contributed by atoms with Gasteiger partial charge >= 0.3 is 0 Å². The van der Waals surface area contributed by atoms with E-state index in [1.165, 1.54) is 4.90 Å². The minimum atomic E-state index is -3.22. The number of aryl methyl sites for hydroxylation is 1. The Labute approximate surface area is 191 Å². The normalized spacial score (nSPS) is 16.9. The molecule has 10 heteroatoms. The van der Waals surface area contributed by atoms with Gasteiger partial charge < -0.3 is 10.2 Å². The minimum absolute atomic E-state index is 0.0286. The summed E-state index contributed by atoms with van der Waals surface area (Å²) in [7, 11) is -3.22. The Morgan fingerprint density at radius 2 is 1.82 bits per heavy atom. The van der Waals surface area contributed by atoms with E-state index in [-0.39, 0.29) is 37.5 Å². The molecule has 1 aliphatic carbocycles. The molecule has 1 fully saturated rings. The maximum atomic E-state index is 14.9. The highest BCUT2D eigenvalue weighted by Crippen LogP contribution is 2.47. The molecule has 8 nitrogen and oxygen atoms in total. The first-order valence-corrected chi connectivity index (χ1v) is 12.8. The van der Waals surface area contributed by atoms with Crippen LogP contribution < -0.4 is 10.9 Å². The number of nitrogens with one attached hydrogen (secondary N) is 1. The largest absolute Gasteiger partial charge is 0.348 e. The van der Waals surface area contributed by atoms with E-state index in [0.29, 0.717) is 12.8 Å². The summed E-state index contributed by atoms with van der Waals surface area (Å²) in [5.74, 6) is -2.35. The number of hydrogen-bond donors (Lipinski definition) is 1. The smallest absolute Gasteiger partial charge is 0.273 e. The maximum absolute atomic E-state index is 14.9. The number of amides is 2. The third-order valence-electron chi connectivity index (χ3n) is 6.20. The molecule has 1 saturated carbocycles. The maximum Gasteiger partial charge on any atom is 0.273 e. The van der Waals surface area contributed by atoms with Crippen LogP contribution in [0.15, 0.2) is 35.1 Å². The van der Waals surface area contributed by atoms with Crippen molar-refractivity contribution < 1.29 is 22.4 Å². The molecule has 176 valence electrons. The molecule has 0 spiro atoms. The minimum Gasteiger partial charge on any atom is -0.348 e. The van der Waals surface area contributed by atoms with Crippen molar-refractivity contribution in [3.63, 3.8) is 0 Å². The molecule has 4 rings (SSSR count). The molecule has 2 amide bonds. The van der Waals surface area contributed by atoms with Crippen LogP contribution in [-0.2, 0) is 22.9 Å². The zero-order valence-electron chi connectivity index (χ0n) is 18.6. The Balaban J connectivity index is 1.52. The first kappa shape index (κ1) is 23.2. The topological polar surface area (TPSA) is 106 Å². The first-order chi connectivity index (χ1) is 15.5. The molecular formula is C23H26FN3O5S. The van der Waals surface area contributed by atoms with Crippen molar-refractivity contribution in [2.75, 3.05) is 25.1 Å². The highest BCUT2D eigenvalue weighted by Gasteiger charge is 2.48. The van der Waals surface area contributed by atoms with Crippen LogP contribution in [0, 0.1) is 18.2 Å². The Kier molecular flexibility index (Phi) is 5.90. The summed E-state index contributed by atoms with van der Waals surface area (Å²) < 4.78 is 39.4. The Morgan fingerprint density at radius 3 is 2.42 bits per heavy atom. The lowest BCUT2D eigenvalue weighted by molar-refractivity contribution is 0.0656. The third kappa shape index (κ3) is 5.00.